The molecule has 1 aliphatic heterocycles. The second-order valence-corrected chi connectivity index (χ2v) is 7.44. The minimum absolute atomic E-state index is 0.0293. The summed E-state index contributed by atoms with van der Waals surface area (Å²) in [5.41, 5.74) is 1.95. The van der Waals surface area contributed by atoms with Gasteiger partial charge in [0.05, 0.1) is 5.41 Å². The van der Waals surface area contributed by atoms with Crippen molar-refractivity contribution in [2.45, 2.75) is 27.2 Å². The first kappa shape index (κ1) is 18.0. The van der Waals surface area contributed by atoms with Gasteiger partial charge in [-0.05, 0) is 31.1 Å². The van der Waals surface area contributed by atoms with Gasteiger partial charge in [0, 0.05) is 35.8 Å². The Balaban J connectivity index is 1.81. The molecule has 2 aromatic rings. The molecule has 8 nitrogen and oxygen atoms in total. The van der Waals surface area contributed by atoms with Crippen LogP contribution >= 0.6 is 0 Å². The number of hydrogen-bond donors (Lipinski definition) is 1. The summed E-state index contributed by atoms with van der Waals surface area (Å²) in [6.07, 6.45) is 9.57. The number of carboxylic acid groups (broad SMARTS) is 1. The van der Waals surface area contributed by atoms with E-state index in [-0.39, 0.29) is 23.5 Å². The highest BCUT2D eigenvalue weighted by atomic mass is 16.4. The minimum Gasteiger partial charge on any atom is -0.475 e. The average molecular weight is 377 g/mol. The largest absolute Gasteiger partial charge is 0.475 e. The number of nitrogens with zero attached hydrogens (tertiary/aromatic N) is 5. The molecule has 8 heteroatoms. The third-order valence-corrected chi connectivity index (χ3v) is 5.29. The number of aryl methyl sites for hydroxylation is 1. The fourth-order valence-corrected chi connectivity index (χ4v) is 3.68. The zero-order chi connectivity index (χ0) is 20.1. The van der Waals surface area contributed by atoms with Crippen molar-refractivity contribution < 1.29 is 14.7 Å². The van der Waals surface area contributed by atoms with E-state index in [1.54, 1.807) is 18.5 Å². The van der Waals surface area contributed by atoms with Crippen molar-refractivity contribution in [2.24, 2.45) is 11.3 Å². The molecule has 0 aromatic carbocycles. The zero-order valence-corrected chi connectivity index (χ0v) is 15.7. The number of rotatable bonds is 3. The molecule has 1 amide bonds. The van der Waals surface area contributed by atoms with Crippen LogP contribution in [0.25, 0.3) is 5.57 Å². The molecule has 1 saturated heterocycles. The number of amides is 1. The molecular formula is C20H19N5O3. The van der Waals surface area contributed by atoms with Crippen LogP contribution in [0.2, 0.25) is 0 Å². The third-order valence-electron chi connectivity index (χ3n) is 5.29. The summed E-state index contributed by atoms with van der Waals surface area (Å²) in [7, 11) is 0. The average Bonchev–Trinajstić information content (AvgIpc) is 2.88. The maximum atomic E-state index is 13.2. The van der Waals surface area contributed by atoms with Crippen LogP contribution < -0.4 is 4.90 Å². The molecule has 1 unspecified atom stereocenters. The van der Waals surface area contributed by atoms with Gasteiger partial charge in [0.1, 0.15) is 11.6 Å². The van der Waals surface area contributed by atoms with Gasteiger partial charge >= 0.3 is 5.97 Å². The molecule has 1 atom stereocenters. The van der Waals surface area contributed by atoms with Crippen molar-refractivity contribution >= 4 is 23.3 Å². The lowest BCUT2D eigenvalue weighted by Crippen LogP contribution is -2.32. The van der Waals surface area contributed by atoms with Crippen LogP contribution in [0, 0.1) is 18.3 Å². The number of carbonyl (C=O) groups is 2. The summed E-state index contributed by atoms with van der Waals surface area (Å²) in [5, 5.41) is 9.20. The van der Waals surface area contributed by atoms with E-state index in [0.29, 0.717) is 12.2 Å². The van der Waals surface area contributed by atoms with Gasteiger partial charge in [0.2, 0.25) is 11.7 Å². The molecule has 1 fully saturated rings. The summed E-state index contributed by atoms with van der Waals surface area (Å²) in [6.45, 7) is 5.63. The predicted octanol–water partition coefficient (Wildman–Crippen LogP) is 2.63. The van der Waals surface area contributed by atoms with Crippen LogP contribution in [0.3, 0.4) is 0 Å². The van der Waals surface area contributed by atoms with Gasteiger partial charge in [0.25, 0.3) is 0 Å². The van der Waals surface area contributed by atoms with Crippen molar-refractivity contribution in [3.63, 3.8) is 0 Å². The molecular weight excluding hydrogens is 358 g/mol. The Hall–Kier alpha value is -3.42. The first-order valence-corrected chi connectivity index (χ1v) is 8.90. The SMILES string of the molecule is Cc1ncc(C2=CCC3C(=C2)N(c2ccnc(C(=O)O)n2)C(=O)C3(C)C)cn1. The Labute approximate surface area is 161 Å². The number of carbonyl (C=O) groups excluding carboxylic acids is 1. The second-order valence-electron chi connectivity index (χ2n) is 7.44. The first-order valence-electron chi connectivity index (χ1n) is 8.90. The summed E-state index contributed by atoms with van der Waals surface area (Å²) in [5.74, 6) is -0.774. The lowest BCUT2D eigenvalue weighted by Gasteiger charge is -2.25. The molecule has 28 heavy (non-hydrogen) atoms. The first-order chi connectivity index (χ1) is 13.3. The molecule has 1 N–H and O–H groups in total. The highest BCUT2D eigenvalue weighted by Crippen LogP contribution is 2.50. The normalized spacial score (nSPS) is 20.5. The highest BCUT2D eigenvalue weighted by Gasteiger charge is 2.51. The lowest BCUT2D eigenvalue weighted by molar-refractivity contribution is -0.125. The number of aromatic carboxylic acids is 1. The Morgan fingerprint density at radius 3 is 2.64 bits per heavy atom. The van der Waals surface area contributed by atoms with Gasteiger partial charge in [-0.3, -0.25) is 9.69 Å². The Kier molecular flexibility index (Phi) is 4.06. The molecule has 0 radical (unpaired) electrons. The van der Waals surface area contributed by atoms with Crippen LogP contribution in [0.4, 0.5) is 5.82 Å². The molecule has 2 aromatic heterocycles. The number of aromatic nitrogens is 4. The number of carboxylic acids is 1. The van der Waals surface area contributed by atoms with Crippen molar-refractivity contribution in [3.05, 3.63) is 59.7 Å². The van der Waals surface area contributed by atoms with Crippen LogP contribution in [0.5, 0.6) is 0 Å². The van der Waals surface area contributed by atoms with Gasteiger partial charge in [0.15, 0.2) is 0 Å². The Bertz CT molecular complexity index is 1040. The van der Waals surface area contributed by atoms with Crippen molar-refractivity contribution in [1.82, 2.24) is 19.9 Å². The number of anilines is 1. The van der Waals surface area contributed by atoms with Crippen LogP contribution in [0.15, 0.2) is 42.5 Å². The van der Waals surface area contributed by atoms with Gasteiger partial charge in [-0.2, -0.15) is 0 Å². The van der Waals surface area contributed by atoms with E-state index in [4.69, 9.17) is 0 Å². The molecule has 1 aliphatic carbocycles. The molecule has 0 saturated carbocycles. The Morgan fingerprint density at radius 1 is 1.25 bits per heavy atom. The molecule has 0 bridgehead atoms. The van der Waals surface area contributed by atoms with E-state index in [9.17, 15) is 14.7 Å². The van der Waals surface area contributed by atoms with Crippen molar-refractivity contribution in [2.75, 3.05) is 4.90 Å². The smallest absolute Gasteiger partial charge is 0.374 e. The molecule has 4 rings (SSSR count). The van der Waals surface area contributed by atoms with Crippen LogP contribution in [-0.4, -0.2) is 36.9 Å². The quantitative estimate of drug-likeness (QED) is 0.875. The molecule has 2 aliphatic rings. The summed E-state index contributed by atoms with van der Waals surface area (Å²) in [4.78, 5) is 42.3. The van der Waals surface area contributed by atoms with E-state index in [2.05, 4.69) is 26.0 Å². The maximum absolute atomic E-state index is 13.2. The van der Waals surface area contributed by atoms with Gasteiger partial charge in [-0.25, -0.2) is 24.7 Å². The fraction of sp³-hybridized carbons (Fsp3) is 0.300. The second kappa shape index (κ2) is 6.33. The van der Waals surface area contributed by atoms with E-state index in [1.807, 2.05) is 26.8 Å². The van der Waals surface area contributed by atoms with E-state index < -0.39 is 11.4 Å². The summed E-state index contributed by atoms with van der Waals surface area (Å²) >= 11 is 0. The molecule has 142 valence electrons. The topological polar surface area (TPSA) is 109 Å². The highest BCUT2D eigenvalue weighted by molar-refractivity contribution is 6.04. The van der Waals surface area contributed by atoms with Crippen molar-refractivity contribution in [3.8, 4) is 0 Å². The molecule has 3 heterocycles. The number of allylic oxidation sites excluding steroid dienone is 4. The monoisotopic (exact) mass is 377 g/mol. The van der Waals surface area contributed by atoms with Crippen LogP contribution in [-0.2, 0) is 4.79 Å². The van der Waals surface area contributed by atoms with E-state index >= 15 is 0 Å². The van der Waals surface area contributed by atoms with E-state index in [0.717, 1.165) is 16.8 Å². The molecule has 0 spiro atoms. The zero-order valence-electron chi connectivity index (χ0n) is 15.7. The van der Waals surface area contributed by atoms with E-state index in [1.165, 1.54) is 11.1 Å². The minimum atomic E-state index is -1.24. The lowest BCUT2D eigenvalue weighted by atomic mass is 9.75. The van der Waals surface area contributed by atoms with Crippen molar-refractivity contribution in [1.29, 1.82) is 0 Å². The fourth-order valence-electron chi connectivity index (χ4n) is 3.68. The standard InChI is InChI=1S/C20H19N5O3/c1-11-22-9-13(10-23-11)12-4-5-14-15(8-12)25(19(28)20(14,2)3)16-6-7-21-17(24-16)18(26)27/h4,6-10,14H,5H2,1-3H3,(H,26,27). The predicted molar refractivity (Wildman–Crippen MR) is 101 cm³/mol. The van der Waals surface area contributed by atoms with Gasteiger partial charge < -0.3 is 5.11 Å². The number of fused-ring (bicyclic) bond motifs is 1. The summed E-state index contributed by atoms with van der Waals surface area (Å²) < 4.78 is 0. The maximum Gasteiger partial charge on any atom is 0.374 e. The van der Waals surface area contributed by atoms with Gasteiger partial charge in [-0.15, -0.1) is 0 Å². The summed E-state index contributed by atoms with van der Waals surface area (Å²) in [6, 6.07) is 1.55. The third kappa shape index (κ3) is 2.77. The van der Waals surface area contributed by atoms with Crippen LogP contribution in [0.1, 0.15) is 42.3 Å². The number of hydrogen-bond acceptors (Lipinski definition) is 6. The Morgan fingerprint density at radius 2 is 1.96 bits per heavy atom. The van der Waals surface area contributed by atoms with Gasteiger partial charge in [-0.1, -0.05) is 19.9 Å².